The van der Waals surface area contributed by atoms with Crippen molar-refractivity contribution < 1.29 is 14.3 Å². The maximum absolute atomic E-state index is 12.0. The Balaban J connectivity index is 1.37. The van der Waals surface area contributed by atoms with Crippen molar-refractivity contribution in [2.45, 2.75) is 25.5 Å². The molecule has 0 saturated carbocycles. The second-order valence-corrected chi connectivity index (χ2v) is 6.40. The lowest BCUT2D eigenvalue weighted by atomic mass is 10.2. The van der Waals surface area contributed by atoms with Gasteiger partial charge >= 0.3 is 0 Å². The third-order valence-corrected chi connectivity index (χ3v) is 4.43. The van der Waals surface area contributed by atoms with E-state index in [9.17, 15) is 4.79 Å². The second-order valence-electron chi connectivity index (χ2n) is 6.40. The first-order valence-corrected chi connectivity index (χ1v) is 8.81. The van der Waals surface area contributed by atoms with E-state index in [1.807, 2.05) is 12.1 Å². The minimum absolute atomic E-state index is 0.0195. The molecule has 1 unspecified atom stereocenters. The topological polar surface area (TPSA) is 62.8 Å². The molecule has 0 bridgehead atoms. The van der Waals surface area contributed by atoms with Crippen LogP contribution in [-0.4, -0.2) is 62.9 Å². The lowest BCUT2D eigenvalue weighted by Gasteiger charge is -2.26. The van der Waals surface area contributed by atoms with E-state index in [1.54, 1.807) is 0 Å². The van der Waals surface area contributed by atoms with E-state index in [-0.39, 0.29) is 12.0 Å². The van der Waals surface area contributed by atoms with Gasteiger partial charge in [0.25, 0.3) is 0 Å². The number of carbonyl (C=O) groups excluding carboxylic acids is 1. The number of benzene rings is 1. The van der Waals surface area contributed by atoms with E-state index < -0.39 is 0 Å². The van der Waals surface area contributed by atoms with Gasteiger partial charge in [-0.05, 0) is 30.5 Å². The summed E-state index contributed by atoms with van der Waals surface area (Å²) in [6.45, 7) is 6.42. The molecule has 0 aliphatic carbocycles. The highest BCUT2D eigenvalue weighted by atomic mass is 16.5. The molecular weight excluding hydrogens is 306 g/mol. The Hall–Kier alpha value is -1.47. The maximum Gasteiger partial charge on any atom is 0.238 e. The van der Waals surface area contributed by atoms with Crippen LogP contribution in [0.4, 0.5) is 5.69 Å². The standard InChI is InChI=1S/C18H27N3O3/c22-18(13-19-12-17-2-1-9-24-17)20-16-5-3-15(4-6-16)14-21-7-10-23-11-8-21/h3-6,17,19H,1-2,7-14H2,(H,20,22). The van der Waals surface area contributed by atoms with Crippen molar-refractivity contribution in [1.82, 2.24) is 10.2 Å². The number of morpholine rings is 1. The van der Waals surface area contributed by atoms with Gasteiger partial charge < -0.3 is 20.1 Å². The Bertz CT molecular complexity index is 509. The molecule has 2 saturated heterocycles. The number of nitrogens with one attached hydrogen (secondary N) is 2. The summed E-state index contributed by atoms with van der Waals surface area (Å²) in [7, 11) is 0. The normalized spacial score (nSPS) is 21.8. The summed E-state index contributed by atoms with van der Waals surface area (Å²) in [5.74, 6) is -0.0195. The molecule has 0 spiro atoms. The van der Waals surface area contributed by atoms with Crippen molar-refractivity contribution in [2.75, 3.05) is 51.3 Å². The minimum Gasteiger partial charge on any atom is -0.379 e. The number of amides is 1. The highest BCUT2D eigenvalue weighted by molar-refractivity contribution is 5.92. The van der Waals surface area contributed by atoms with Gasteiger partial charge in [0.05, 0.1) is 25.9 Å². The summed E-state index contributed by atoms with van der Waals surface area (Å²) < 4.78 is 10.9. The van der Waals surface area contributed by atoms with Gasteiger partial charge in [-0.3, -0.25) is 9.69 Å². The van der Waals surface area contributed by atoms with E-state index in [0.29, 0.717) is 6.54 Å². The summed E-state index contributed by atoms with van der Waals surface area (Å²) >= 11 is 0. The molecule has 0 radical (unpaired) electrons. The van der Waals surface area contributed by atoms with Crippen molar-refractivity contribution in [3.63, 3.8) is 0 Å². The second kappa shape index (κ2) is 9.13. The van der Waals surface area contributed by atoms with Crippen LogP contribution in [0.25, 0.3) is 0 Å². The fourth-order valence-corrected chi connectivity index (χ4v) is 3.07. The summed E-state index contributed by atoms with van der Waals surface area (Å²) in [5.41, 5.74) is 2.09. The largest absolute Gasteiger partial charge is 0.379 e. The fourth-order valence-electron chi connectivity index (χ4n) is 3.07. The molecule has 1 amide bonds. The summed E-state index contributed by atoms with van der Waals surface area (Å²) in [6.07, 6.45) is 2.46. The molecule has 2 aliphatic heterocycles. The van der Waals surface area contributed by atoms with Crippen molar-refractivity contribution in [1.29, 1.82) is 0 Å². The third kappa shape index (κ3) is 5.56. The molecule has 6 heteroatoms. The first-order chi connectivity index (χ1) is 11.8. The van der Waals surface area contributed by atoms with Crippen molar-refractivity contribution in [3.05, 3.63) is 29.8 Å². The number of ether oxygens (including phenoxy) is 2. The molecule has 1 atom stereocenters. The average molecular weight is 333 g/mol. The smallest absolute Gasteiger partial charge is 0.238 e. The highest BCUT2D eigenvalue weighted by Crippen LogP contribution is 2.13. The number of hydrogen-bond donors (Lipinski definition) is 2. The van der Waals surface area contributed by atoms with Crippen molar-refractivity contribution in [2.24, 2.45) is 0 Å². The third-order valence-electron chi connectivity index (χ3n) is 4.43. The zero-order chi connectivity index (χ0) is 16.6. The molecule has 3 rings (SSSR count). The van der Waals surface area contributed by atoms with Gasteiger partial charge in [-0.2, -0.15) is 0 Å². The van der Waals surface area contributed by atoms with E-state index in [1.165, 1.54) is 5.56 Å². The number of carbonyl (C=O) groups is 1. The van der Waals surface area contributed by atoms with Gasteiger partial charge in [0, 0.05) is 38.5 Å². The van der Waals surface area contributed by atoms with E-state index >= 15 is 0 Å². The zero-order valence-corrected chi connectivity index (χ0v) is 14.1. The van der Waals surface area contributed by atoms with Crippen molar-refractivity contribution >= 4 is 11.6 Å². The molecule has 2 N–H and O–H groups in total. The molecular formula is C18H27N3O3. The van der Waals surface area contributed by atoms with Crippen LogP contribution in [-0.2, 0) is 20.8 Å². The van der Waals surface area contributed by atoms with Crippen LogP contribution in [0, 0.1) is 0 Å². The summed E-state index contributed by atoms with van der Waals surface area (Å²) in [6, 6.07) is 8.08. The molecule has 2 fully saturated rings. The van der Waals surface area contributed by atoms with Crippen LogP contribution in [0.5, 0.6) is 0 Å². The van der Waals surface area contributed by atoms with Gasteiger partial charge in [-0.25, -0.2) is 0 Å². The number of hydrogen-bond acceptors (Lipinski definition) is 5. The van der Waals surface area contributed by atoms with Gasteiger partial charge in [0.1, 0.15) is 0 Å². The van der Waals surface area contributed by atoms with Crippen molar-refractivity contribution in [3.8, 4) is 0 Å². The predicted molar refractivity (Wildman–Crippen MR) is 93.0 cm³/mol. The summed E-state index contributed by atoms with van der Waals surface area (Å²) in [4.78, 5) is 14.3. The number of anilines is 1. The van der Waals surface area contributed by atoms with Crippen LogP contribution in [0.3, 0.4) is 0 Å². The maximum atomic E-state index is 12.0. The molecule has 1 aromatic rings. The van der Waals surface area contributed by atoms with Gasteiger partial charge in [-0.1, -0.05) is 12.1 Å². The minimum atomic E-state index is -0.0195. The van der Waals surface area contributed by atoms with E-state index in [2.05, 4.69) is 27.7 Å². The Kier molecular flexibility index (Phi) is 6.60. The monoisotopic (exact) mass is 333 g/mol. The molecule has 24 heavy (non-hydrogen) atoms. The zero-order valence-electron chi connectivity index (χ0n) is 14.1. The highest BCUT2D eigenvalue weighted by Gasteiger charge is 2.15. The first kappa shape index (κ1) is 17.4. The Morgan fingerprint density at radius 2 is 1.96 bits per heavy atom. The van der Waals surface area contributed by atoms with Gasteiger partial charge in [0.15, 0.2) is 0 Å². The predicted octanol–water partition coefficient (Wildman–Crippen LogP) is 1.23. The molecule has 6 nitrogen and oxygen atoms in total. The Morgan fingerprint density at radius 1 is 1.17 bits per heavy atom. The van der Waals surface area contributed by atoms with Crippen LogP contribution < -0.4 is 10.6 Å². The summed E-state index contributed by atoms with van der Waals surface area (Å²) in [5, 5.41) is 6.08. The first-order valence-electron chi connectivity index (χ1n) is 8.81. The van der Waals surface area contributed by atoms with Crippen LogP contribution in [0.2, 0.25) is 0 Å². The van der Waals surface area contributed by atoms with Crippen LogP contribution in [0.1, 0.15) is 18.4 Å². The number of rotatable bonds is 7. The van der Waals surface area contributed by atoms with E-state index in [4.69, 9.17) is 9.47 Å². The molecule has 2 aliphatic rings. The van der Waals surface area contributed by atoms with Gasteiger partial charge in [-0.15, -0.1) is 0 Å². The molecule has 1 aromatic carbocycles. The lowest BCUT2D eigenvalue weighted by Crippen LogP contribution is -2.35. The molecule has 2 heterocycles. The molecule has 0 aromatic heterocycles. The van der Waals surface area contributed by atoms with Crippen LogP contribution >= 0.6 is 0 Å². The molecule has 132 valence electrons. The van der Waals surface area contributed by atoms with Crippen LogP contribution in [0.15, 0.2) is 24.3 Å². The number of nitrogens with zero attached hydrogens (tertiary/aromatic N) is 1. The van der Waals surface area contributed by atoms with E-state index in [0.717, 1.165) is 64.5 Å². The fraction of sp³-hybridized carbons (Fsp3) is 0.611. The Labute approximate surface area is 143 Å². The van der Waals surface area contributed by atoms with Gasteiger partial charge in [0.2, 0.25) is 5.91 Å². The lowest BCUT2D eigenvalue weighted by molar-refractivity contribution is -0.115. The quantitative estimate of drug-likeness (QED) is 0.786. The Morgan fingerprint density at radius 3 is 2.67 bits per heavy atom. The SMILES string of the molecule is O=C(CNCC1CCCO1)Nc1ccc(CN2CCOCC2)cc1. The average Bonchev–Trinajstić information content (AvgIpc) is 3.11.